The Bertz CT molecular complexity index is 587. The fourth-order valence-corrected chi connectivity index (χ4v) is 2.74. The molecule has 1 aromatic heterocycles. The molecule has 0 spiro atoms. The Hall–Kier alpha value is -1.53. The molecule has 0 radical (unpaired) electrons. The number of rotatable bonds is 9. The summed E-state index contributed by atoms with van der Waals surface area (Å²) in [6.45, 7) is 2.67. The molecule has 0 amide bonds. The number of nitrogens with one attached hydrogen (secondary N) is 1. The Kier molecular flexibility index (Phi) is 6.92. The van der Waals surface area contributed by atoms with Gasteiger partial charge in [-0.1, -0.05) is 30.8 Å². The molecule has 0 bridgehead atoms. The predicted molar refractivity (Wildman–Crippen MR) is 88.9 cm³/mol. The van der Waals surface area contributed by atoms with Crippen molar-refractivity contribution in [1.29, 1.82) is 0 Å². The second-order valence-corrected chi connectivity index (χ2v) is 6.03. The lowest BCUT2D eigenvalue weighted by atomic mass is 10.0. The minimum atomic E-state index is -2.37. The van der Waals surface area contributed by atoms with Gasteiger partial charge in [0.2, 0.25) is 0 Å². The van der Waals surface area contributed by atoms with Gasteiger partial charge in [-0.2, -0.15) is 8.78 Å². The minimum absolute atomic E-state index is 0.188. The van der Waals surface area contributed by atoms with Crippen LogP contribution in [0.3, 0.4) is 0 Å². The number of halogens is 2. The summed E-state index contributed by atoms with van der Waals surface area (Å²) >= 11 is 0.568. The SMILES string of the molecule is CCC(NCc1ccc(CSC(F)F)o1)c1ccc(OC)cc1. The van der Waals surface area contributed by atoms with E-state index in [0.717, 1.165) is 17.9 Å². The number of methoxy groups -OCH3 is 1. The van der Waals surface area contributed by atoms with Crippen molar-refractivity contribution in [1.82, 2.24) is 5.32 Å². The zero-order valence-electron chi connectivity index (χ0n) is 13.2. The van der Waals surface area contributed by atoms with Crippen molar-refractivity contribution >= 4 is 11.8 Å². The van der Waals surface area contributed by atoms with Gasteiger partial charge in [-0.3, -0.25) is 0 Å². The quantitative estimate of drug-likeness (QED) is 0.697. The maximum atomic E-state index is 12.2. The van der Waals surface area contributed by atoms with E-state index in [1.54, 1.807) is 13.2 Å². The molecule has 0 fully saturated rings. The van der Waals surface area contributed by atoms with E-state index in [1.165, 1.54) is 5.56 Å². The highest BCUT2D eigenvalue weighted by Crippen LogP contribution is 2.23. The van der Waals surface area contributed by atoms with Crippen LogP contribution in [0.1, 0.15) is 36.5 Å². The summed E-state index contributed by atoms with van der Waals surface area (Å²) in [4.78, 5) is 0. The molecule has 0 saturated heterocycles. The summed E-state index contributed by atoms with van der Waals surface area (Å²) in [5.41, 5.74) is 1.17. The summed E-state index contributed by atoms with van der Waals surface area (Å²) in [5.74, 6) is -0.0312. The van der Waals surface area contributed by atoms with Gasteiger partial charge in [0.05, 0.1) is 19.4 Å². The monoisotopic (exact) mass is 341 g/mol. The van der Waals surface area contributed by atoms with Crippen LogP contribution in [0, 0.1) is 0 Å². The van der Waals surface area contributed by atoms with Gasteiger partial charge in [0.1, 0.15) is 17.3 Å². The van der Waals surface area contributed by atoms with Crippen molar-refractivity contribution in [2.24, 2.45) is 0 Å². The number of benzene rings is 1. The normalized spacial score (nSPS) is 12.6. The molecule has 0 aliphatic carbocycles. The third-order valence-corrected chi connectivity index (χ3v) is 4.22. The Labute approximate surface area is 139 Å². The van der Waals surface area contributed by atoms with Crippen LogP contribution in [0.2, 0.25) is 0 Å². The average molecular weight is 341 g/mol. The maximum absolute atomic E-state index is 12.2. The molecule has 2 rings (SSSR count). The molecule has 1 atom stereocenters. The largest absolute Gasteiger partial charge is 0.497 e. The molecule has 1 unspecified atom stereocenters. The van der Waals surface area contributed by atoms with E-state index >= 15 is 0 Å². The molecule has 0 aliphatic rings. The van der Waals surface area contributed by atoms with Crippen molar-refractivity contribution in [3.8, 4) is 5.75 Å². The van der Waals surface area contributed by atoms with Gasteiger partial charge in [0.15, 0.2) is 0 Å². The summed E-state index contributed by atoms with van der Waals surface area (Å²) in [5, 5.41) is 3.43. The van der Waals surface area contributed by atoms with Gasteiger partial charge < -0.3 is 14.5 Å². The summed E-state index contributed by atoms with van der Waals surface area (Å²) in [6, 6.07) is 11.7. The lowest BCUT2D eigenvalue weighted by molar-refractivity contribution is 0.251. The highest BCUT2D eigenvalue weighted by molar-refractivity contribution is 7.98. The molecule has 23 heavy (non-hydrogen) atoms. The van der Waals surface area contributed by atoms with Crippen LogP contribution < -0.4 is 10.1 Å². The minimum Gasteiger partial charge on any atom is -0.497 e. The summed E-state index contributed by atoms with van der Waals surface area (Å²) in [6.07, 6.45) is 0.932. The summed E-state index contributed by atoms with van der Waals surface area (Å²) in [7, 11) is 1.64. The molecule has 2 aromatic rings. The van der Waals surface area contributed by atoms with Gasteiger partial charge in [0, 0.05) is 6.04 Å². The topological polar surface area (TPSA) is 34.4 Å². The second kappa shape index (κ2) is 8.93. The number of alkyl halides is 2. The molecular formula is C17H21F2NO2S. The van der Waals surface area contributed by atoms with E-state index in [-0.39, 0.29) is 11.8 Å². The highest BCUT2D eigenvalue weighted by atomic mass is 32.2. The first-order valence-corrected chi connectivity index (χ1v) is 8.52. The number of thioether (sulfide) groups is 1. The Morgan fingerprint density at radius 3 is 2.43 bits per heavy atom. The van der Waals surface area contributed by atoms with Gasteiger partial charge in [-0.15, -0.1) is 0 Å². The fraction of sp³-hybridized carbons (Fsp3) is 0.412. The van der Waals surface area contributed by atoms with Crippen molar-refractivity contribution in [3.63, 3.8) is 0 Å². The lowest BCUT2D eigenvalue weighted by Gasteiger charge is -2.17. The Morgan fingerprint density at radius 2 is 1.83 bits per heavy atom. The smallest absolute Gasteiger partial charge is 0.284 e. The van der Waals surface area contributed by atoms with Crippen molar-refractivity contribution in [2.75, 3.05) is 7.11 Å². The molecule has 1 heterocycles. The van der Waals surface area contributed by atoms with E-state index in [0.29, 0.717) is 24.1 Å². The van der Waals surface area contributed by atoms with E-state index in [9.17, 15) is 8.78 Å². The van der Waals surface area contributed by atoms with Crippen LogP contribution in [0.25, 0.3) is 0 Å². The third kappa shape index (κ3) is 5.55. The first kappa shape index (κ1) is 17.8. The Balaban J connectivity index is 1.89. The summed E-state index contributed by atoms with van der Waals surface area (Å²) < 4.78 is 35.1. The third-order valence-electron chi connectivity index (χ3n) is 3.52. The first-order chi connectivity index (χ1) is 11.1. The van der Waals surface area contributed by atoms with E-state index in [1.807, 2.05) is 30.3 Å². The number of ether oxygens (including phenoxy) is 1. The molecule has 126 valence electrons. The van der Waals surface area contributed by atoms with E-state index in [4.69, 9.17) is 9.15 Å². The van der Waals surface area contributed by atoms with Gasteiger partial charge in [-0.05, 0) is 36.2 Å². The Morgan fingerprint density at radius 1 is 1.13 bits per heavy atom. The lowest BCUT2D eigenvalue weighted by Crippen LogP contribution is -2.19. The van der Waals surface area contributed by atoms with Crippen molar-refractivity contribution in [2.45, 2.75) is 37.4 Å². The number of hydrogen-bond acceptors (Lipinski definition) is 4. The molecule has 1 aromatic carbocycles. The number of furan rings is 1. The molecular weight excluding hydrogens is 320 g/mol. The van der Waals surface area contributed by atoms with Gasteiger partial charge in [-0.25, -0.2) is 0 Å². The molecule has 6 heteroatoms. The van der Waals surface area contributed by atoms with Crippen LogP contribution in [-0.4, -0.2) is 12.9 Å². The van der Waals surface area contributed by atoms with Crippen molar-refractivity contribution in [3.05, 3.63) is 53.5 Å². The fourth-order valence-electron chi connectivity index (χ4n) is 2.30. The molecule has 1 N–H and O–H groups in total. The average Bonchev–Trinajstić information content (AvgIpc) is 3.02. The van der Waals surface area contributed by atoms with Crippen LogP contribution >= 0.6 is 11.8 Å². The zero-order valence-corrected chi connectivity index (χ0v) is 14.0. The highest BCUT2D eigenvalue weighted by Gasteiger charge is 2.11. The zero-order chi connectivity index (χ0) is 16.7. The van der Waals surface area contributed by atoms with Gasteiger partial charge >= 0.3 is 0 Å². The second-order valence-electron chi connectivity index (χ2n) is 5.05. The predicted octanol–water partition coefficient (Wildman–Crippen LogP) is 4.98. The van der Waals surface area contributed by atoms with E-state index in [2.05, 4.69) is 12.2 Å². The standard InChI is InChI=1S/C17H21F2NO2S/c1-3-16(12-4-6-13(21-2)7-5-12)20-10-14-8-9-15(22-14)11-23-17(18)19/h4-9,16-17,20H,3,10-11H2,1-2H3. The molecule has 0 aliphatic heterocycles. The van der Waals surface area contributed by atoms with Crippen LogP contribution in [-0.2, 0) is 12.3 Å². The van der Waals surface area contributed by atoms with Crippen LogP contribution in [0.5, 0.6) is 5.75 Å². The maximum Gasteiger partial charge on any atom is 0.284 e. The number of hydrogen-bond donors (Lipinski definition) is 1. The molecule has 3 nitrogen and oxygen atoms in total. The van der Waals surface area contributed by atoms with E-state index < -0.39 is 5.76 Å². The molecule has 0 saturated carbocycles. The van der Waals surface area contributed by atoms with Crippen LogP contribution in [0.15, 0.2) is 40.8 Å². The van der Waals surface area contributed by atoms with Gasteiger partial charge in [0.25, 0.3) is 5.76 Å². The first-order valence-electron chi connectivity index (χ1n) is 7.47. The van der Waals surface area contributed by atoms with Crippen molar-refractivity contribution < 1.29 is 17.9 Å². The van der Waals surface area contributed by atoms with Crippen LogP contribution in [0.4, 0.5) is 8.78 Å².